The minimum Gasteiger partial charge on any atom is -0.496 e. The van der Waals surface area contributed by atoms with E-state index >= 15 is 0 Å². The Bertz CT molecular complexity index is 1080. The van der Waals surface area contributed by atoms with Gasteiger partial charge in [0.05, 0.1) is 25.2 Å². The average molecular weight is 496 g/mol. The van der Waals surface area contributed by atoms with Gasteiger partial charge in [-0.2, -0.15) is 4.31 Å². The fourth-order valence-electron chi connectivity index (χ4n) is 3.41. The first kappa shape index (κ1) is 25.0. The second-order valence-corrected chi connectivity index (χ2v) is 9.60. The summed E-state index contributed by atoms with van der Waals surface area (Å²) in [4.78, 5) is 24.5. The number of hydrogen-bond acceptors (Lipinski definition) is 6. The van der Waals surface area contributed by atoms with Gasteiger partial charge in [-0.25, -0.2) is 8.42 Å². The van der Waals surface area contributed by atoms with Gasteiger partial charge in [-0.1, -0.05) is 29.8 Å². The van der Waals surface area contributed by atoms with Gasteiger partial charge < -0.3 is 20.1 Å². The third-order valence-electron chi connectivity index (χ3n) is 5.09. The van der Waals surface area contributed by atoms with Crippen molar-refractivity contribution >= 4 is 33.4 Å². The van der Waals surface area contributed by atoms with Gasteiger partial charge in [-0.3, -0.25) is 9.59 Å². The van der Waals surface area contributed by atoms with Crippen LogP contribution in [0.15, 0.2) is 53.4 Å². The quantitative estimate of drug-likeness (QED) is 0.537. The third kappa shape index (κ3) is 6.44. The van der Waals surface area contributed by atoms with E-state index in [-0.39, 0.29) is 24.5 Å². The number of ether oxygens (including phenoxy) is 2. The summed E-state index contributed by atoms with van der Waals surface area (Å²) in [6, 6.07) is 13.2. The van der Waals surface area contributed by atoms with Crippen molar-refractivity contribution in [2.75, 3.05) is 33.4 Å². The predicted molar refractivity (Wildman–Crippen MR) is 122 cm³/mol. The molecular weight excluding hydrogens is 470 g/mol. The highest BCUT2D eigenvalue weighted by atomic mass is 35.5. The molecule has 1 aliphatic rings. The van der Waals surface area contributed by atoms with Gasteiger partial charge in [-0.05, 0) is 48.7 Å². The maximum atomic E-state index is 13.0. The van der Waals surface area contributed by atoms with Gasteiger partial charge in [0.15, 0.2) is 0 Å². The van der Waals surface area contributed by atoms with Gasteiger partial charge in [0.2, 0.25) is 10.0 Å². The predicted octanol–water partition coefficient (Wildman–Crippen LogP) is 1.56. The van der Waals surface area contributed by atoms with Crippen LogP contribution in [0.1, 0.15) is 12.0 Å². The number of rotatable bonds is 8. The Morgan fingerprint density at radius 3 is 2.55 bits per heavy atom. The van der Waals surface area contributed by atoms with Crippen LogP contribution >= 0.6 is 11.6 Å². The molecule has 0 aliphatic carbocycles. The lowest BCUT2D eigenvalue weighted by Crippen LogP contribution is -2.53. The molecule has 33 heavy (non-hydrogen) atoms. The first-order valence-corrected chi connectivity index (χ1v) is 12.2. The summed E-state index contributed by atoms with van der Waals surface area (Å²) in [6.45, 7) is 0.657. The molecule has 1 aliphatic heterocycles. The Hall–Kier alpha value is -2.66. The van der Waals surface area contributed by atoms with Crippen LogP contribution in [-0.4, -0.2) is 64.1 Å². The fourth-order valence-corrected chi connectivity index (χ4v) is 5.10. The lowest BCUT2D eigenvalue weighted by Gasteiger charge is -2.34. The number of carbonyl (C=O) groups is 2. The molecule has 0 bridgehead atoms. The van der Waals surface area contributed by atoms with Crippen LogP contribution in [0.4, 0.5) is 0 Å². The molecular formula is C22H26ClN3O6S. The van der Waals surface area contributed by atoms with Crippen molar-refractivity contribution in [1.82, 2.24) is 14.9 Å². The summed E-state index contributed by atoms with van der Waals surface area (Å²) in [5, 5.41) is 5.43. The number of methoxy groups -OCH3 is 1. The van der Waals surface area contributed by atoms with Crippen molar-refractivity contribution in [1.29, 1.82) is 0 Å². The molecule has 2 aromatic carbocycles. The Morgan fingerprint density at radius 2 is 1.82 bits per heavy atom. The van der Waals surface area contributed by atoms with Crippen LogP contribution < -0.4 is 15.4 Å². The Balaban J connectivity index is 1.54. The summed E-state index contributed by atoms with van der Waals surface area (Å²) in [5.41, 5.74) is 0.902. The lowest BCUT2D eigenvalue weighted by molar-refractivity contribution is -0.140. The fraction of sp³-hybridized carbons (Fsp3) is 0.364. The van der Waals surface area contributed by atoms with Crippen molar-refractivity contribution < 1.29 is 27.5 Å². The number of sulfonamides is 1. The minimum absolute atomic E-state index is 0.0720. The van der Waals surface area contributed by atoms with Crippen LogP contribution in [0.2, 0.25) is 5.02 Å². The third-order valence-corrected chi connectivity index (χ3v) is 7.25. The molecule has 0 radical (unpaired) electrons. The number of hydrogen-bond donors (Lipinski definition) is 2. The molecule has 11 heteroatoms. The number of halogens is 1. The number of amides is 2. The zero-order valence-corrected chi connectivity index (χ0v) is 19.7. The maximum absolute atomic E-state index is 13.0. The largest absolute Gasteiger partial charge is 0.496 e. The highest BCUT2D eigenvalue weighted by molar-refractivity contribution is 7.89. The lowest BCUT2D eigenvalue weighted by atomic mass is 10.1. The summed E-state index contributed by atoms with van der Waals surface area (Å²) >= 11 is 5.85. The number of nitrogens with one attached hydrogen (secondary N) is 2. The molecule has 1 heterocycles. The molecule has 0 unspecified atom stereocenters. The van der Waals surface area contributed by atoms with Crippen molar-refractivity contribution in [3.63, 3.8) is 0 Å². The van der Waals surface area contributed by atoms with Crippen molar-refractivity contribution in [2.24, 2.45) is 0 Å². The van der Waals surface area contributed by atoms with Gasteiger partial charge in [0, 0.05) is 18.1 Å². The maximum Gasteiger partial charge on any atom is 0.309 e. The molecule has 2 aromatic rings. The minimum atomic E-state index is -3.86. The van der Waals surface area contributed by atoms with Crippen LogP contribution in [0.5, 0.6) is 5.75 Å². The molecule has 178 valence electrons. The molecule has 0 spiro atoms. The zero-order chi connectivity index (χ0) is 23.8. The molecule has 0 aromatic heterocycles. The summed E-state index contributed by atoms with van der Waals surface area (Å²) in [5.74, 6) is -0.978. The van der Waals surface area contributed by atoms with E-state index in [9.17, 15) is 18.0 Å². The Labute approximate surface area is 198 Å². The van der Waals surface area contributed by atoms with E-state index in [1.807, 2.05) is 24.3 Å². The standard InChI is InChI=1S/C22H26ClN3O6S/c1-31-19-6-3-2-5-16(19)11-12-24-21(27)22(28)25-15-20-26(13-4-14-32-20)33(29,30)18-9-7-17(23)8-10-18/h2-3,5-10,20H,4,11-15H2,1H3,(H,24,27)(H,25,28)/t20-/m1/s1. The Kier molecular flexibility index (Phi) is 8.67. The van der Waals surface area contributed by atoms with Gasteiger partial charge in [0.1, 0.15) is 12.0 Å². The van der Waals surface area contributed by atoms with Crippen LogP contribution in [0.25, 0.3) is 0 Å². The second kappa shape index (κ2) is 11.5. The molecule has 2 amide bonds. The summed E-state index contributed by atoms with van der Waals surface area (Å²) in [6.07, 6.45) is 0.0764. The number of nitrogens with zero attached hydrogens (tertiary/aromatic N) is 1. The smallest absolute Gasteiger partial charge is 0.309 e. The zero-order valence-electron chi connectivity index (χ0n) is 18.1. The average Bonchev–Trinajstić information content (AvgIpc) is 2.83. The number of benzene rings is 2. The van der Waals surface area contributed by atoms with Crippen molar-refractivity contribution in [2.45, 2.75) is 24.0 Å². The van der Waals surface area contributed by atoms with E-state index in [1.54, 1.807) is 7.11 Å². The van der Waals surface area contributed by atoms with E-state index in [0.717, 1.165) is 5.56 Å². The van der Waals surface area contributed by atoms with Crippen LogP contribution in [0.3, 0.4) is 0 Å². The molecule has 1 fully saturated rings. The van der Waals surface area contributed by atoms with E-state index < -0.39 is 28.1 Å². The van der Waals surface area contributed by atoms with Crippen molar-refractivity contribution in [3.05, 3.63) is 59.1 Å². The first-order valence-electron chi connectivity index (χ1n) is 10.4. The SMILES string of the molecule is COc1ccccc1CCNC(=O)C(=O)NC[C@H]1OCCCN1S(=O)(=O)c1ccc(Cl)cc1. The van der Waals surface area contributed by atoms with E-state index in [1.165, 1.54) is 28.6 Å². The van der Waals surface area contributed by atoms with Gasteiger partial charge in [-0.15, -0.1) is 0 Å². The molecule has 2 N–H and O–H groups in total. The topological polar surface area (TPSA) is 114 Å². The van der Waals surface area contributed by atoms with E-state index in [0.29, 0.717) is 30.2 Å². The molecule has 3 rings (SSSR count). The second-order valence-electron chi connectivity index (χ2n) is 7.28. The summed E-state index contributed by atoms with van der Waals surface area (Å²) in [7, 11) is -2.30. The highest BCUT2D eigenvalue weighted by Crippen LogP contribution is 2.23. The number of para-hydroxylation sites is 1. The number of carbonyl (C=O) groups excluding carboxylic acids is 2. The molecule has 1 atom stereocenters. The molecule has 0 saturated carbocycles. The van der Waals surface area contributed by atoms with E-state index in [4.69, 9.17) is 21.1 Å². The van der Waals surface area contributed by atoms with Crippen molar-refractivity contribution in [3.8, 4) is 5.75 Å². The first-order chi connectivity index (χ1) is 15.8. The van der Waals surface area contributed by atoms with E-state index in [2.05, 4.69) is 10.6 Å². The molecule has 9 nitrogen and oxygen atoms in total. The normalized spacial score (nSPS) is 16.7. The Morgan fingerprint density at radius 1 is 1.12 bits per heavy atom. The van der Waals surface area contributed by atoms with Crippen LogP contribution in [-0.2, 0) is 30.8 Å². The van der Waals surface area contributed by atoms with Gasteiger partial charge in [0.25, 0.3) is 0 Å². The molecule has 1 saturated heterocycles. The highest BCUT2D eigenvalue weighted by Gasteiger charge is 2.34. The van der Waals surface area contributed by atoms with Crippen LogP contribution in [0, 0.1) is 0 Å². The summed E-state index contributed by atoms with van der Waals surface area (Å²) < 4.78 is 38.1. The van der Waals surface area contributed by atoms with Gasteiger partial charge >= 0.3 is 11.8 Å². The monoisotopic (exact) mass is 495 g/mol.